The number of rotatable bonds is 0. The lowest BCUT2D eigenvalue weighted by Gasteiger charge is -1.96. The normalized spacial score (nSPS) is 9.71. The lowest BCUT2D eigenvalue weighted by atomic mass is 10.2. The molecule has 86 valence electrons. The Labute approximate surface area is 99.0 Å². The molecule has 0 fully saturated rings. The summed E-state index contributed by atoms with van der Waals surface area (Å²) in [6.07, 6.45) is 5.11. The molecule has 0 amide bonds. The highest BCUT2D eigenvalue weighted by molar-refractivity contribution is 5.83. The number of imidazole rings is 1. The summed E-state index contributed by atoms with van der Waals surface area (Å²) in [6.45, 7) is 1.97. The largest absolute Gasteiger partial charge is 0.506 e. The number of nitrogens with zero attached hydrogens (tertiary/aromatic N) is 2. The van der Waals surface area contributed by atoms with E-state index in [4.69, 9.17) is 0 Å². The van der Waals surface area contributed by atoms with Gasteiger partial charge in [0.25, 0.3) is 0 Å². The Morgan fingerprint density at radius 3 is 2.59 bits per heavy atom. The molecule has 1 aromatic carbocycles. The third-order valence-electron chi connectivity index (χ3n) is 2.25. The number of phenols is 1. The molecule has 0 aliphatic heterocycles. The van der Waals surface area contributed by atoms with Gasteiger partial charge in [0.1, 0.15) is 11.3 Å². The molecule has 0 radical (unpaired) electrons. The molecule has 4 nitrogen and oxygen atoms in total. The summed E-state index contributed by atoms with van der Waals surface area (Å²) < 4.78 is 0. The molecule has 0 bridgehead atoms. The van der Waals surface area contributed by atoms with E-state index in [1.165, 1.54) is 0 Å². The van der Waals surface area contributed by atoms with Crippen LogP contribution >= 0.6 is 0 Å². The van der Waals surface area contributed by atoms with Gasteiger partial charge in [-0.2, -0.15) is 0 Å². The Bertz CT molecular complexity index is 585. The van der Waals surface area contributed by atoms with Crippen molar-refractivity contribution in [3.63, 3.8) is 0 Å². The number of H-pyrrole nitrogens is 1. The number of hydrogen-bond acceptors (Lipinski definition) is 3. The van der Waals surface area contributed by atoms with Crippen LogP contribution in [-0.4, -0.2) is 20.1 Å². The van der Waals surface area contributed by atoms with Crippen LogP contribution in [0.2, 0.25) is 0 Å². The monoisotopic (exact) mass is 227 g/mol. The minimum Gasteiger partial charge on any atom is -0.506 e. The molecule has 2 aromatic heterocycles. The number of aromatic amines is 1. The molecule has 0 unspecified atom stereocenters. The summed E-state index contributed by atoms with van der Waals surface area (Å²) in [5.74, 6) is 0.239. The van der Waals surface area contributed by atoms with E-state index in [0.717, 1.165) is 11.1 Å². The van der Waals surface area contributed by atoms with Crippen molar-refractivity contribution in [2.45, 2.75) is 6.92 Å². The van der Waals surface area contributed by atoms with E-state index < -0.39 is 0 Å². The molecule has 2 N–H and O–H groups in total. The van der Waals surface area contributed by atoms with Crippen molar-refractivity contribution in [2.75, 3.05) is 0 Å². The molecule has 0 saturated heterocycles. The van der Waals surface area contributed by atoms with Crippen LogP contribution in [0.3, 0.4) is 0 Å². The zero-order valence-corrected chi connectivity index (χ0v) is 9.46. The lowest BCUT2D eigenvalue weighted by molar-refractivity contribution is 0.480. The first-order chi connectivity index (χ1) is 8.27. The summed E-state index contributed by atoms with van der Waals surface area (Å²) >= 11 is 0. The number of pyridine rings is 1. The fourth-order valence-corrected chi connectivity index (χ4v) is 1.41. The molecule has 0 saturated carbocycles. The number of nitrogens with one attached hydrogen (secondary N) is 1. The second kappa shape index (κ2) is 5.12. The first-order valence-corrected chi connectivity index (χ1v) is 5.25. The molecular formula is C13H13N3O. The van der Waals surface area contributed by atoms with Crippen molar-refractivity contribution < 1.29 is 5.11 Å². The van der Waals surface area contributed by atoms with E-state index in [-0.39, 0.29) is 5.75 Å². The fraction of sp³-hybridized carbons (Fsp3) is 0.0769. The Balaban J connectivity index is 0.000000153. The summed E-state index contributed by atoms with van der Waals surface area (Å²) in [7, 11) is 0. The van der Waals surface area contributed by atoms with Crippen molar-refractivity contribution in [3.8, 4) is 5.75 Å². The van der Waals surface area contributed by atoms with Crippen molar-refractivity contribution in [3.05, 3.63) is 54.7 Å². The quantitative estimate of drug-likeness (QED) is 0.620. The van der Waals surface area contributed by atoms with Crippen LogP contribution in [0, 0.1) is 6.92 Å². The van der Waals surface area contributed by atoms with Gasteiger partial charge >= 0.3 is 0 Å². The highest BCUT2D eigenvalue weighted by Crippen LogP contribution is 2.20. The first-order valence-electron chi connectivity index (χ1n) is 5.25. The van der Waals surface area contributed by atoms with Gasteiger partial charge in [0.05, 0.1) is 6.33 Å². The van der Waals surface area contributed by atoms with Crippen molar-refractivity contribution >= 4 is 10.9 Å². The second-order valence-electron chi connectivity index (χ2n) is 3.59. The van der Waals surface area contributed by atoms with Gasteiger partial charge in [-0.15, -0.1) is 0 Å². The fourth-order valence-electron chi connectivity index (χ4n) is 1.41. The van der Waals surface area contributed by atoms with E-state index in [9.17, 15) is 5.11 Å². The van der Waals surface area contributed by atoms with E-state index in [1.54, 1.807) is 30.9 Å². The standard InChI is InChI=1S/C9H7NO.C4H6N2/c11-8-5-1-3-7-4-2-6-10-9(7)8;1-4-2-5-3-6-4/h1-6,11H;2-3H,1H3,(H,5,6). The molecule has 3 aromatic rings. The Hall–Kier alpha value is -2.36. The van der Waals surface area contributed by atoms with Crippen LogP contribution in [-0.2, 0) is 0 Å². The van der Waals surface area contributed by atoms with Gasteiger partial charge in [-0.3, -0.25) is 4.98 Å². The van der Waals surface area contributed by atoms with Crippen molar-refractivity contribution in [1.29, 1.82) is 0 Å². The van der Waals surface area contributed by atoms with E-state index in [1.807, 2.05) is 25.1 Å². The first kappa shape index (κ1) is 11.1. The van der Waals surface area contributed by atoms with Gasteiger partial charge in [-0.1, -0.05) is 18.2 Å². The SMILES string of the molecule is Cc1cnc[nH]1.Oc1cccc2cccnc12. The summed E-state index contributed by atoms with van der Waals surface area (Å²) in [6, 6.07) is 9.13. The average molecular weight is 227 g/mol. The number of hydrogen-bond donors (Lipinski definition) is 2. The smallest absolute Gasteiger partial charge is 0.141 e. The zero-order valence-electron chi connectivity index (χ0n) is 9.46. The Kier molecular flexibility index (Phi) is 3.35. The van der Waals surface area contributed by atoms with Gasteiger partial charge in [-0.25, -0.2) is 4.98 Å². The molecule has 0 aliphatic rings. The van der Waals surface area contributed by atoms with Crippen LogP contribution < -0.4 is 0 Å². The van der Waals surface area contributed by atoms with Crippen LogP contribution in [0.15, 0.2) is 49.1 Å². The maximum absolute atomic E-state index is 9.31. The third-order valence-corrected chi connectivity index (χ3v) is 2.25. The third kappa shape index (κ3) is 2.81. The van der Waals surface area contributed by atoms with Crippen molar-refractivity contribution in [2.24, 2.45) is 0 Å². The molecule has 4 heteroatoms. The molecular weight excluding hydrogens is 214 g/mol. The summed E-state index contributed by atoms with van der Waals surface area (Å²) in [5, 5.41) is 10.3. The van der Waals surface area contributed by atoms with Gasteiger partial charge in [0.2, 0.25) is 0 Å². The molecule has 0 atom stereocenters. The number of para-hydroxylation sites is 1. The Morgan fingerprint density at radius 1 is 1.18 bits per heavy atom. The van der Waals surface area contributed by atoms with E-state index in [2.05, 4.69) is 15.0 Å². The van der Waals surface area contributed by atoms with Crippen LogP contribution in [0.1, 0.15) is 5.69 Å². The minimum atomic E-state index is 0.239. The van der Waals surface area contributed by atoms with Crippen molar-refractivity contribution in [1.82, 2.24) is 15.0 Å². The number of fused-ring (bicyclic) bond motifs is 1. The summed E-state index contributed by atoms with van der Waals surface area (Å²) in [5.41, 5.74) is 1.77. The highest BCUT2D eigenvalue weighted by atomic mass is 16.3. The maximum atomic E-state index is 9.31. The summed E-state index contributed by atoms with van der Waals surface area (Å²) in [4.78, 5) is 10.7. The molecule has 0 spiro atoms. The Morgan fingerprint density at radius 2 is 2.00 bits per heavy atom. The molecule has 0 aliphatic carbocycles. The minimum absolute atomic E-state index is 0.239. The van der Waals surface area contributed by atoms with Gasteiger partial charge in [0, 0.05) is 23.5 Å². The number of aromatic nitrogens is 3. The number of benzene rings is 1. The predicted molar refractivity (Wildman–Crippen MR) is 66.7 cm³/mol. The topological polar surface area (TPSA) is 61.8 Å². The lowest BCUT2D eigenvalue weighted by Crippen LogP contribution is -1.76. The molecule has 17 heavy (non-hydrogen) atoms. The van der Waals surface area contributed by atoms with Gasteiger partial charge < -0.3 is 10.1 Å². The van der Waals surface area contributed by atoms with Crippen LogP contribution in [0.5, 0.6) is 5.75 Å². The number of aryl methyl sites for hydroxylation is 1. The van der Waals surface area contributed by atoms with E-state index >= 15 is 0 Å². The average Bonchev–Trinajstić information content (AvgIpc) is 2.82. The second-order valence-corrected chi connectivity index (χ2v) is 3.59. The number of aromatic hydroxyl groups is 1. The number of phenolic OH excluding ortho intramolecular Hbond substituents is 1. The van der Waals surface area contributed by atoms with Gasteiger partial charge in [0.15, 0.2) is 0 Å². The molecule has 2 heterocycles. The van der Waals surface area contributed by atoms with Gasteiger partial charge in [-0.05, 0) is 19.1 Å². The molecule has 3 rings (SSSR count). The van der Waals surface area contributed by atoms with Crippen LogP contribution in [0.4, 0.5) is 0 Å². The highest BCUT2D eigenvalue weighted by Gasteiger charge is 1.96. The van der Waals surface area contributed by atoms with E-state index in [0.29, 0.717) is 5.52 Å². The zero-order chi connectivity index (χ0) is 12.1. The maximum Gasteiger partial charge on any atom is 0.141 e. The van der Waals surface area contributed by atoms with Crippen LogP contribution in [0.25, 0.3) is 10.9 Å². The predicted octanol–water partition coefficient (Wildman–Crippen LogP) is 2.66.